The number of aromatic nitrogens is 4. The predicted molar refractivity (Wildman–Crippen MR) is 99.6 cm³/mol. The van der Waals surface area contributed by atoms with Crippen molar-refractivity contribution >= 4 is 28.3 Å². The molecule has 3 aromatic rings. The van der Waals surface area contributed by atoms with Crippen LogP contribution in [0.25, 0.3) is 11.0 Å². The van der Waals surface area contributed by atoms with Crippen LogP contribution in [0.4, 0.5) is 0 Å². The molecule has 0 radical (unpaired) electrons. The number of nitrogens with zero attached hydrogens (tertiary/aromatic N) is 4. The van der Waals surface area contributed by atoms with Gasteiger partial charge in [0.1, 0.15) is 5.65 Å². The van der Waals surface area contributed by atoms with Crippen LogP contribution in [0.5, 0.6) is 0 Å². The van der Waals surface area contributed by atoms with Crippen molar-refractivity contribution in [2.75, 3.05) is 7.05 Å². The summed E-state index contributed by atoms with van der Waals surface area (Å²) < 4.78 is 1.41. The van der Waals surface area contributed by atoms with Gasteiger partial charge in [-0.3, -0.25) is 19.1 Å². The number of hydrogen-bond donors (Lipinski definition) is 1. The van der Waals surface area contributed by atoms with Gasteiger partial charge in [-0.15, -0.1) is 11.3 Å². The fraction of sp³-hybridized carbons (Fsp3) is 0.353. The number of pyridine rings is 1. The molecule has 0 aromatic carbocycles. The molecule has 1 amide bonds. The zero-order chi connectivity index (χ0) is 18.8. The van der Waals surface area contributed by atoms with Crippen molar-refractivity contribution in [3.05, 3.63) is 54.7 Å². The van der Waals surface area contributed by atoms with E-state index < -0.39 is 11.2 Å². The molecule has 0 spiro atoms. The molecule has 0 bridgehead atoms. The van der Waals surface area contributed by atoms with Crippen LogP contribution in [0.2, 0.25) is 0 Å². The highest BCUT2D eigenvalue weighted by molar-refractivity contribution is 7.09. The highest BCUT2D eigenvalue weighted by atomic mass is 32.1. The van der Waals surface area contributed by atoms with Crippen LogP contribution < -0.4 is 11.2 Å². The summed E-state index contributed by atoms with van der Waals surface area (Å²) in [5, 5.41) is 3.07. The Kier molecular flexibility index (Phi) is 4.99. The van der Waals surface area contributed by atoms with Crippen LogP contribution >= 0.6 is 11.3 Å². The minimum atomic E-state index is -0.544. The molecule has 0 saturated heterocycles. The van der Waals surface area contributed by atoms with Crippen LogP contribution in [0.15, 0.2) is 27.2 Å². The second-order valence-electron chi connectivity index (χ2n) is 6.03. The molecule has 0 fully saturated rings. The van der Waals surface area contributed by atoms with E-state index in [0.717, 1.165) is 17.1 Å². The average Bonchev–Trinajstić information content (AvgIpc) is 3.02. The quantitative estimate of drug-likeness (QED) is 0.731. The fourth-order valence-electron chi connectivity index (χ4n) is 2.73. The van der Waals surface area contributed by atoms with E-state index in [0.29, 0.717) is 18.7 Å². The van der Waals surface area contributed by atoms with Gasteiger partial charge in [-0.1, -0.05) is 6.92 Å². The number of aryl methyl sites for hydroxylation is 2. The van der Waals surface area contributed by atoms with E-state index in [4.69, 9.17) is 0 Å². The van der Waals surface area contributed by atoms with Crippen molar-refractivity contribution in [3.8, 4) is 0 Å². The Bertz CT molecular complexity index is 1080. The Morgan fingerprint density at radius 3 is 2.81 bits per heavy atom. The Labute approximate surface area is 153 Å². The first-order valence-electron chi connectivity index (χ1n) is 8.20. The summed E-state index contributed by atoms with van der Waals surface area (Å²) in [6, 6.07) is 1.48. The number of thiazole rings is 1. The summed E-state index contributed by atoms with van der Waals surface area (Å²) in [5.41, 5.74) is 0.352. The van der Waals surface area contributed by atoms with Gasteiger partial charge in [-0.05, 0) is 19.4 Å². The molecule has 3 rings (SSSR count). The van der Waals surface area contributed by atoms with Gasteiger partial charge in [-0.25, -0.2) is 14.8 Å². The third-order valence-corrected chi connectivity index (χ3v) is 4.76. The number of H-pyrrole nitrogens is 1. The summed E-state index contributed by atoms with van der Waals surface area (Å²) in [7, 11) is 1.67. The Morgan fingerprint density at radius 1 is 1.38 bits per heavy atom. The van der Waals surface area contributed by atoms with Crippen LogP contribution in [0.3, 0.4) is 0 Å². The average molecular weight is 373 g/mol. The summed E-state index contributed by atoms with van der Waals surface area (Å²) in [6.07, 6.45) is 2.12. The molecular weight excluding hydrogens is 354 g/mol. The normalized spacial score (nSPS) is 11.0. The van der Waals surface area contributed by atoms with E-state index in [-0.39, 0.29) is 16.9 Å². The summed E-state index contributed by atoms with van der Waals surface area (Å²) >= 11 is 1.53. The minimum absolute atomic E-state index is 0.224. The van der Waals surface area contributed by atoms with E-state index in [9.17, 15) is 14.4 Å². The number of carbonyl (C=O) groups is 1. The van der Waals surface area contributed by atoms with Gasteiger partial charge in [0.15, 0.2) is 0 Å². The van der Waals surface area contributed by atoms with Crippen LogP contribution in [0, 0.1) is 6.92 Å². The molecule has 26 heavy (non-hydrogen) atoms. The second kappa shape index (κ2) is 7.20. The monoisotopic (exact) mass is 373 g/mol. The highest BCUT2D eigenvalue weighted by Crippen LogP contribution is 2.13. The molecule has 1 N–H and O–H groups in total. The number of hydrogen-bond acceptors (Lipinski definition) is 6. The van der Waals surface area contributed by atoms with Gasteiger partial charge in [0.2, 0.25) is 0 Å². The molecule has 136 valence electrons. The van der Waals surface area contributed by atoms with Gasteiger partial charge < -0.3 is 4.90 Å². The molecule has 3 aromatic heterocycles. The lowest BCUT2D eigenvalue weighted by Gasteiger charge is -2.16. The summed E-state index contributed by atoms with van der Waals surface area (Å²) in [6.45, 7) is 4.64. The van der Waals surface area contributed by atoms with Gasteiger partial charge >= 0.3 is 5.69 Å². The molecule has 0 atom stereocenters. The first-order chi connectivity index (χ1) is 12.4. The van der Waals surface area contributed by atoms with E-state index in [2.05, 4.69) is 15.0 Å². The van der Waals surface area contributed by atoms with Gasteiger partial charge in [0.05, 0.1) is 28.2 Å². The third-order valence-electron chi connectivity index (χ3n) is 3.94. The maximum atomic E-state index is 12.7. The van der Waals surface area contributed by atoms with Crippen molar-refractivity contribution in [1.82, 2.24) is 24.4 Å². The molecule has 0 aliphatic heterocycles. The first-order valence-corrected chi connectivity index (χ1v) is 9.08. The number of fused-ring (bicyclic) bond motifs is 1. The lowest BCUT2D eigenvalue weighted by Crippen LogP contribution is -2.31. The van der Waals surface area contributed by atoms with Crippen molar-refractivity contribution in [3.63, 3.8) is 0 Å². The van der Waals surface area contributed by atoms with Crippen molar-refractivity contribution in [1.29, 1.82) is 0 Å². The summed E-state index contributed by atoms with van der Waals surface area (Å²) in [4.78, 5) is 49.2. The lowest BCUT2D eigenvalue weighted by molar-refractivity contribution is 0.0783. The Hall–Kier alpha value is -2.81. The molecule has 9 heteroatoms. The van der Waals surface area contributed by atoms with Gasteiger partial charge in [0, 0.05) is 25.2 Å². The van der Waals surface area contributed by atoms with Gasteiger partial charge in [-0.2, -0.15) is 0 Å². The highest BCUT2D eigenvalue weighted by Gasteiger charge is 2.17. The molecule has 0 unspecified atom stereocenters. The van der Waals surface area contributed by atoms with E-state index in [1.54, 1.807) is 7.05 Å². The number of aromatic amines is 1. The number of amides is 1. The van der Waals surface area contributed by atoms with Crippen LogP contribution in [-0.2, 0) is 13.1 Å². The zero-order valence-electron chi connectivity index (χ0n) is 14.8. The largest absolute Gasteiger partial charge is 0.336 e. The van der Waals surface area contributed by atoms with Gasteiger partial charge in [0.25, 0.3) is 11.5 Å². The van der Waals surface area contributed by atoms with Crippen molar-refractivity contribution in [2.45, 2.75) is 33.4 Å². The molecular formula is C17H19N5O3S. The molecule has 8 nitrogen and oxygen atoms in total. The second-order valence-corrected chi connectivity index (χ2v) is 7.09. The predicted octanol–water partition coefficient (Wildman–Crippen LogP) is 1.53. The lowest BCUT2D eigenvalue weighted by atomic mass is 10.2. The zero-order valence-corrected chi connectivity index (χ0v) is 15.6. The SMILES string of the molecule is CCCn1c(=O)[nH]c(=O)c2cc(C(=O)N(C)Cc3csc(C)n3)cnc21. The maximum Gasteiger partial charge on any atom is 0.329 e. The van der Waals surface area contributed by atoms with Crippen molar-refractivity contribution < 1.29 is 4.79 Å². The topological polar surface area (TPSA) is 101 Å². The van der Waals surface area contributed by atoms with Crippen molar-refractivity contribution in [2.24, 2.45) is 0 Å². The molecule has 0 aliphatic rings. The number of nitrogens with one attached hydrogen (secondary N) is 1. The maximum absolute atomic E-state index is 12.7. The van der Waals surface area contributed by atoms with E-state index >= 15 is 0 Å². The fourth-order valence-corrected chi connectivity index (χ4v) is 3.34. The Balaban J connectivity index is 1.96. The number of rotatable bonds is 5. The minimum Gasteiger partial charge on any atom is -0.336 e. The molecule has 0 aliphatic carbocycles. The first kappa shape index (κ1) is 18.0. The number of carbonyl (C=O) groups excluding carboxylic acids is 1. The molecule has 3 heterocycles. The Morgan fingerprint density at radius 2 is 2.15 bits per heavy atom. The van der Waals surface area contributed by atoms with Crippen LogP contribution in [-0.4, -0.2) is 37.4 Å². The van der Waals surface area contributed by atoms with Crippen LogP contribution in [0.1, 0.15) is 34.4 Å². The van der Waals surface area contributed by atoms with E-state index in [1.165, 1.54) is 33.1 Å². The third kappa shape index (κ3) is 3.43. The standard InChI is InChI=1S/C17H19N5O3S/c1-4-5-22-14-13(15(23)20-17(22)25)6-11(7-18-14)16(24)21(3)8-12-9-26-10(2)19-12/h6-7,9H,4-5,8H2,1-3H3,(H,20,23,25). The summed E-state index contributed by atoms with van der Waals surface area (Å²) in [5.74, 6) is -0.266. The smallest absolute Gasteiger partial charge is 0.329 e. The van der Waals surface area contributed by atoms with E-state index in [1.807, 2.05) is 19.2 Å². The molecule has 0 saturated carbocycles.